The van der Waals surface area contributed by atoms with E-state index in [2.05, 4.69) is 8.75 Å². The second-order valence-electron chi connectivity index (χ2n) is 6.63. The van der Waals surface area contributed by atoms with E-state index in [0.717, 1.165) is 11.7 Å². The van der Waals surface area contributed by atoms with E-state index in [1.165, 1.54) is 4.90 Å². The lowest BCUT2D eigenvalue weighted by molar-refractivity contribution is 0.0240. The molecule has 10 heteroatoms. The minimum atomic E-state index is -0.504. The Kier molecular flexibility index (Phi) is 4.48. The Morgan fingerprint density at radius 2 is 1.79 bits per heavy atom. The summed E-state index contributed by atoms with van der Waals surface area (Å²) in [5.41, 5.74) is -0.504. The monoisotopic (exact) mass is 355 g/mol. The molecule has 0 aliphatic carbocycles. The first-order valence-corrected chi connectivity index (χ1v) is 8.58. The predicted octanol–water partition coefficient (Wildman–Crippen LogP) is 1.55. The van der Waals surface area contributed by atoms with E-state index in [1.54, 1.807) is 4.90 Å². The molecule has 2 amide bonds. The van der Waals surface area contributed by atoms with E-state index in [4.69, 9.17) is 9.47 Å². The lowest BCUT2D eigenvalue weighted by atomic mass is 10.2. The molecule has 1 aromatic heterocycles. The first-order chi connectivity index (χ1) is 11.3. The summed E-state index contributed by atoms with van der Waals surface area (Å²) in [7, 11) is 0. The fraction of sp³-hybridized carbons (Fsp3) is 0.714. The first kappa shape index (κ1) is 16.7. The molecule has 0 unspecified atom stereocenters. The van der Waals surface area contributed by atoms with Gasteiger partial charge in [-0.3, -0.25) is 4.90 Å². The van der Waals surface area contributed by atoms with Crippen LogP contribution in [0.5, 0.6) is 0 Å². The number of piperazine rings is 1. The van der Waals surface area contributed by atoms with Crippen LogP contribution in [0.4, 0.5) is 21.2 Å². The quantitative estimate of drug-likeness (QED) is 0.795. The minimum absolute atomic E-state index is 0.304. The summed E-state index contributed by atoms with van der Waals surface area (Å²) in [5.74, 6) is 1.20. The maximum absolute atomic E-state index is 12.1. The number of carbonyl (C=O) groups is 2. The third-order valence-electron chi connectivity index (χ3n) is 3.70. The summed E-state index contributed by atoms with van der Waals surface area (Å²) in [6.45, 7) is 8.70. The third kappa shape index (κ3) is 3.53. The van der Waals surface area contributed by atoms with Gasteiger partial charge in [-0.25, -0.2) is 9.59 Å². The molecule has 9 nitrogen and oxygen atoms in total. The molecule has 3 rings (SSSR count). The zero-order chi connectivity index (χ0) is 17.3. The fourth-order valence-corrected chi connectivity index (χ4v) is 3.13. The molecule has 2 aliphatic heterocycles. The Balaban J connectivity index is 1.63. The Labute approximate surface area is 144 Å². The second kappa shape index (κ2) is 6.42. The van der Waals surface area contributed by atoms with Crippen LogP contribution in [-0.4, -0.2) is 70.8 Å². The number of aromatic nitrogens is 2. The van der Waals surface area contributed by atoms with Crippen LogP contribution in [0.25, 0.3) is 0 Å². The van der Waals surface area contributed by atoms with E-state index in [1.807, 2.05) is 25.7 Å². The molecule has 132 valence electrons. The number of rotatable bonds is 2. The average molecular weight is 355 g/mol. The summed E-state index contributed by atoms with van der Waals surface area (Å²) in [6.07, 6.45) is -0.696. The second-order valence-corrected chi connectivity index (χ2v) is 7.16. The van der Waals surface area contributed by atoms with Crippen molar-refractivity contribution in [2.75, 3.05) is 49.1 Å². The van der Waals surface area contributed by atoms with Gasteiger partial charge in [0.1, 0.15) is 12.2 Å². The van der Waals surface area contributed by atoms with Gasteiger partial charge < -0.3 is 19.3 Å². The van der Waals surface area contributed by atoms with Crippen molar-refractivity contribution in [3.05, 3.63) is 0 Å². The van der Waals surface area contributed by atoms with Crippen molar-refractivity contribution >= 4 is 35.6 Å². The van der Waals surface area contributed by atoms with Gasteiger partial charge >= 0.3 is 12.2 Å². The standard InChI is InChI=1S/C14H21N5O4S/c1-14(2,3)23-12(20)18-6-4-17(5-7-18)10-11(16-24-15-10)19-8-9-22-13(19)21/h4-9H2,1-3H3. The maximum Gasteiger partial charge on any atom is 0.415 e. The molecule has 0 saturated carbocycles. The molecular formula is C14H21N5O4S. The van der Waals surface area contributed by atoms with Gasteiger partial charge in [0.05, 0.1) is 18.3 Å². The van der Waals surface area contributed by atoms with Gasteiger partial charge in [0, 0.05) is 26.2 Å². The van der Waals surface area contributed by atoms with E-state index in [0.29, 0.717) is 51.0 Å². The summed E-state index contributed by atoms with van der Waals surface area (Å²) >= 11 is 1.07. The van der Waals surface area contributed by atoms with Crippen LogP contribution >= 0.6 is 11.7 Å². The molecule has 0 spiro atoms. The van der Waals surface area contributed by atoms with Crippen molar-refractivity contribution in [1.29, 1.82) is 0 Å². The highest BCUT2D eigenvalue weighted by Crippen LogP contribution is 2.29. The van der Waals surface area contributed by atoms with Crippen LogP contribution in [-0.2, 0) is 9.47 Å². The maximum atomic E-state index is 12.1. The van der Waals surface area contributed by atoms with Crippen molar-refractivity contribution in [2.45, 2.75) is 26.4 Å². The zero-order valence-corrected chi connectivity index (χ0v) is 14.8. The van der Waals surface area contributed by atoms with Gasteiger partial charge in [0.25, 0.3) is 0 Å². The molecule has 0 radical (unpaired) electrons. The van der Waals surface area contributed by atoms with E-state index in [-0.39, 0.29) is 6.09 Å². The third-order valence-corrected chi connectivity index (χ3v) is 4.21. The molecule has 1 aromatic rings. The predicted molar refractivity (Wildman–Crippen MR) is 88.6 cm³/mol. The largest absolute Gasteiger partial charge is 0.447 e. The number of carbonyl (C=O) groups excluding carboxylic acids is 2. The molecular weight excluding hydrogens is 334 g/mol. The SMILES string of the molecule is CC(C)(C)OC(=O)N1CCN(c2nsnc2N2CCOC2=O)CC1. The molecule has 0 atom stereocenters. The number of anilines is 2. The minimum Gasteiger partial charge on any atom is -0.447 e. The number of nitrogens with zero attached hydrogens (tertiary/aromatic N) is 5. The lowest BCUT2D eigenvalue weighted by Crippen LogP contribution is -2.50. The molecule has 2 fully saturated rings. The molecule has 2 aliphatic rings. The number of hydrogen-bond donors (Lipinski definition) is 0. The number of cyclic esters (lactones) is 1. The Morgan fingerprint density at radius 1 is 1.12 bits per heavy atom. The molecule has 0 aromatic carbocycles. The summed E-state index contributed by atoms with van der Waals surface area (Å²) in [6, 6.07) is 0. The van der Waals surface area contributed by atoms with E-state index in [9.17, 15) is 9.59 Å². The lowest BCUT2D eigenvalue weighted by Gasteiger charge is -2.36. The Bertz CT molecular complexity index is 621. The molecule has 0 N–H and O–H groups in total. The van der Waals surface area contributed by atoms with Crippen LogP contribution in [0.2, 0.25) is 0 Å². The highest BCUT2D eigenvalue weighted by atomic mass is 32.1. The van der Waals surface area contributed by atoms with Crippen LogP contribution < -0.4 is 9.80 Å². The van der Waals surface area contributed by atoms with Crippen LogP contribution in [0.3, 0.4) is 0 Å². The van der Waals surface area contributed by atoms with Crippen LogP contribution in [0.1, 0.15) is 20.8 Å². The average Bonchev–Trinajstić information content (AvgIpc) is 3.14. The normalized spacial score (nSPS) is 18.8. The van der Waals surface area contributed by atoms with E-state index < -0.39 is 11.7 Å². The van der Waals surface area contributed by atoms with Gasteiger partial charge in [-0.2, -0.15) is 8.75 Å². The highest BCUT2D eigenvalue weighted by molar-refractivity contribution is 6.99. The van der Waals surface area contributed by atoms with Crippen molar-refractivity contribution in [2.24, 2.45) is 0 Å². The van der Waals surface area contributed by atoms with Crippen molar-refractivity contribution in [3.63, 3.8) is 0 Å². The Morgan fingerprint density at radius 3 is 2.38 bits per heavy atom. The summed E-state index contributed by atoms with van der Waals surface area (Å²) < 4.78 is 18.9. The summed E-state index contributed by atoms with van der Waals surface area (Å²) in [5, 5.41) is 0. The van der Waals surface area contributed by atoms with Gasteiger partial charge in [-0.15, -0.1) is 0 Å². The van der Waals surface area contributed by atoms with Crippen molar-refractivity contribution in [1.82, 2.24) is 13.6 Å². The van der Waals surface area contributed by atoms with Gasteiger partial charge in [0.2, 0.25) is 0 Å². The smallest absolute Gasteiger partial charge is 0.415 e. The Hall–Kier alpha value is -2.10. The summed E-state index contributed by atoms with van der Waals surface area (Å²) in [4.78, 5) is 29.1. The molecule has 2 saturated heterocycles. The molecule has 0 bridgehead atoms. The number of hydrogen-bond acceptors (Lipinski definition) is 8. The van der Waals surface area contributed by atoms with Crippen LogP contribution in [0, 0.1) is 0 Å². The number of ether oxygens (including phenoxy) is 2. The fourth-order valence-electron chi connectivity index (χ4n) is 2.56. The van der Waals surface area contributed by atoms with Crippen LogP contribution in [0.15, 0.2) is 0 Å². The number of amides is 2. The van der Waals surface area contributed by atoms with Gasteiger partial charge in [0.15, 0.2) is 11.6 Å². The van der Waals surface area contributed by atoms with Gasteiger partial charge in [-0.05, 0) is 20.8 Å². The van der Waals surface area contributed by atoms with E-state index >= 15 is 0 Å². The molecule has 24 heavy (non-hydrogen) atoms. The molecule has 3 heterocycles. The van der Waals surface area contributed by atoms with Crippen molar-refractivity contribution < 1.29 is 19.1 Å². The zero-order valence-electron chi connectivity index (χ0n) is 14.0. The van der Waals surface area contributed by atoms with Crippen molar-refractivity contribution in [3.8, 4) is 0 Å². The first-order valence-electron chi connectivity index (χ1n) is 7.85. The van der Waals surface area contributed by atoms with Gasteiger partial charge in [-0.1, -0.05) is 0 Å². The topological polar surface area (TPSA) is 88.1 Å². The highest BCUT2D eigenvalue weighted by Gasteiger charge is 2.33.